The summed E-state index contributed by atoms with van der Waals surface area (Å²) in [5, 5.41) is 13.9. The van der Waals surface area contributed by atoms with E-state index in [0.29, 0.717) is 6.54 Å². The standard InChI is InChI=1S/C9H18N4O/c1-8(2,9(3,4)14)5-13-6-11-7(10)12-13/h6,14H,5H2,1-4H3,(H2,10,12). The normalized spacial score (nSPS) is 13.2. The van der Waals surface area contributed by atoms with Gasteiger partial charge in [-0.1, -0.05) is 13.8 Å². The number of anilines is 1. The fourth-order valence-electron chi connectivity index (χ4n) is 0.984. The van der Waals surface area contributed by atoms with E-state index >= 15 is 0 Å². The second kappa shape index (κ2) is 3.24. The molecule has 1 rings (SSSR count). The second-order valence-corrected chi connectivity index (χ2v) is 4.74. The van der Waals surface area contributed by atoms with Crippen LogP contribution >= 0.6 is 0 Å². The van der Waals surface area contributed by atoms with Crippen molar-refractivity contribution in [1.29, 1.82) is 0 Å². The number of nitrogens with two attached hydrogens (primary N) is 1. The molecule has 0 radical (unpaired) electrons. The number of nitrogens with zero attached hydrogens (tertiary/aromatic N) is 3. The van der Waals surface area contributed by atoms with Crippen molar-refractivity contribution in [3.05, 3.63) is 6.33 Å². The zero-order valence-electron chi connectivity index (χ0n) is 9.15. The van der Waals surface area contributed by atoms with Crippen molar-refractivity contribution in [3.63, 3.8) is 0 Å². The lowest BCUT2D eigenvalue weighted by Gasteiger charge is -2.36. The van der Waals surface area contributed by atoms with Crippen molar-refractivity contribution in [2.24, 2.45) is 5.41 Å². The summed E-state index contributed by atoms with van der Waals surface area (Å²) in [6.07, 6.45) is 1.57. The van der Waals surface area contributed by atoms with Gasteiger partial charge < -0.3 is 10.8 Å². The van der Waals surface area contributed by atoms with Gasteiger partial charge in [0.2, 0.25) is 5.95 Å². The van der Waals surface area contributed by atoms with Gasteiger partial charge in [0, 0.05) is 5.41 Å². The molecule has 0 unspecified atom stereocenters. The van der Waals surface area contributed by atoms with Crippen LogP contribution < -0.4 is 5.73 Å². The smallest absolute Gasteiger partial charge is 0.239 e. The van der Waals surface area contributed by atoms with Crippen LogP contribution in [0.15, 0.2) is 6.33 Å². The Morgan fingerprint density at radius 2 is 2.00 bits per heavy atom. The number of aliphatic hydroxyl groups is 1. The van der Waals surface area contributed by atoms with Crippen molar-refractivity contribution < 1.29 is 5.11 Å². The van der Waals surface area contributed by atoms with Gasteiger partial charge in [-0.05, 0) is 13.8 Å². The van der Waals surface area contributed by atoms with Crippen LogP contribution in [0.2, 0.25) is 0 Å². The summed E-state index contributed by atoms with van der Waals surface area (Å²) in [6.45, 7) is 8.11. The molecule has 0 aromatic carbocycles. The zero-order chi connectivity index (χ0) is 11.0. The third-order valence-corrected chi connectivity index (χ3v) is 2.77. The number of aromatic nitrogens is 3. The first kappa shape index (κ1) is 11.0. The minimum absolute atomic E-state index is 0.261. The Morgan fingerprint density at radius 1 is 1.43 bits per heavy atom. The summed E-state index contributed by atoms with van der Waals surface area (Å²) in [5.74, 6) is 0.261. The van der Waals surface area contributed by atoms with E-state index in [0.717, 1.165) is 0 Å². The van der Waals surface area contributed by atoms with Crippen LogP contribution in [-0.2, 0) is 6.54 Å². The van der Waals surface area contributed by atoms with E-state index < -0.39 is 5.60 Å². The second-order valence-electron chi connectivity index (χ2n) is 4.74. The third-order valence-electron chi connectivity index (χ3n) is 2.77. The summed E-state index contributed by atoms with van der Waals surface area (Å²) in [5.41, 5.74) is 4.35. The number of nitrogen functional groups attached to an aromatic ring is 1. The van der Waals surface area contributed by atoms with E-state index in [9.17, 15) is 5.11 Å². The molecule has 0 saturated carbocycles. The van der Waals surface area contributed by atoms with E-state index in [4.69, 9.17) is 5.73 Å². The lowest BCUT2D eigenvalue weighted by Crippen LogP contribution is -2.42. The molecule has 0 saturated heterocycles. The van der Waals surface area contributed by atoms with Gasteiger partial charge >= 0.3 is 0 Å². The Morgan fingerprint density at radius 3 is 2.36 bits per heavy atom. The highest BCUT2D eigenvalue weighted by atomic mass is 16.3. The van der Waals surface area contributed by atoms with Crippen molar-refractivity contribution in [2.75, 3.05) is 5.73 Å². The molecule has 1 heterocycles. The highest BCUT2D eigenvalue weighted by molar-refractivity contribution is 5.09. The monoisotopic (exact) mass is 198 g/mol. The first-order valence-electron chi connectivity index (χ1n) is 4.60. The summed E-state index contributed by atoms with van der Waals surface area (Å²) in [6, 6.07) is 0. The molecule has 0 amide bonds. The Bertz CT molecular complexity index is 311. The molecule has 5 heteroatoms. The minimum Gasteiger partial charge on any atom is -0.390 e. The maximum absolute atomic E-state index is 9.92. The fourth-order valence-corrected chi connectivity index (χ4v) is 0.984. The molecule has 0 atom stereocenters. The molecule has 0 fully saturated rings. The Hall–Kier alpha value is -1.10. The van der Waals surface area contributed by atoms with Crippen LogP contribution in [0.3, 0.4) is 0 Å². The Kier molecular flexibility index (Phi) is 2.54. The van der Waals surface area contributed by atoms with E-state index in [1.165, 1.54) is 0 Å². The van der Waals surface area contributed by atoms with Gasteiger partial charge in [-0.2, -0.15) is 0 Å². The highest BCUT2D eigenvalue weighted by Crippen LogP contribution is 2.31. The molecule has 0 spiro atoms. The average molecular weight is 198 g/mol. The fraction of sp³-hybridized carbons (Fsp3) is 0.778. The van der Waals surface area contributed by atoms with Gasteiger partial charge in [0.15, 0.2) is 0 Å². The molecule has 1 aromatic rings. The molecule has 5 nitrogen and oxygen atoms in total. The average Bonchev–Trinajstić information content (AvgIpc) is 2.31. The molecule has 0 aliphatic rings. The van der Waals surface area contributed by atoms with Crippen molar-refractivity contribution >= 4 is 5.95 Å². The molecule has 0 bridgehead atoms. The predicted octanol–water partition coefficient (Wildman–Crippen LogP) is 0.657. The van der Waals surface area contributed by atoms with Gasteiger partial charge in [-0.15, -0.1) is 5.10 Å². The SMILES string of the molecule is CC(C)(O)C(C)(C)Cn1cnc(N)n1. The van der Waals surface area contributed by atoms with Gasteiger partial charge in [0.25, 0.3) is 0 Å². The van der Waals surface area contributed by atoms with Crippen LogP contribution in [0.25, 0.3) is 0 Å². The molecule has 3 N–H and O–H groups in total. The van der Waals surface area contributed by atoms with Gasteiger partial charge in [-0.25, -0.2) is 4.98 Å². The summed E-state index contributed by atoms with van der Waals surface area (Å²) < 4.78 is 1.65. The van der Waals surface area contributed by atoms with Crippen LogP contribution in [-0.4, -0.2) is 25.5 Å². The van der Waals surface area contributed by atoms with Crippen molar-refractivity contribution in [2.45, 2.75) is 39.8 Å². The van der Waals surface area contributed by atoms with E-state index in [1.807, 2.05) is 13.8 Å². The lowest BCUT2D eigenvalue weighted by atomic mass is 9.77. The molecular weight excluding hydrogens is 180 g/mol. The van der Waals surface area contributed by atoms with E-state index in [-0.39, 0.29) is 11.4 Å². The first-order chi connectivity index (χ1) is 6.22. The van der Waals surface area contributed by atoms with Crippen LogP contribution in [0.5, 0.6) is 0 Å². The molecule has 14 heavy (non-hydrogen) atoms. The molecular formula is C9H18N4O. The maximum Gasteiger partial charge on any atom is 0.239 e. The molecule has 1 aromatic heterocycles. The van der Waals surface area contributed by atoms with Crippen molar-refractivity contribution in [3.8, 4) is 0 Å². The van der Waals surface area contributed by atoms with Gasteiger partial charge in [0.05, 0.1) is 12.1 Å². The minimum atomic E-state index is -0.770. The first-order valence-corrected chi connectivity index (χ1v) is 4.60. The molecule has 0 aliphatic heterocycles. The number of rotatable bonds is 3. The quantitative estimate of drug-likeness (QED) is 0.748. The van der Waals surface area contributed by atoms with Crippen LogP contribution in [0.1, 0.15) is 27.7 Å². The largest absolute Gasteiger partial charge is 0.390 e. The summed E-state index contributed by atoms with van der Waals surface area (Å²) in [7, 11) is 0. The van der Waals surface area contributed by atoms with Gasteiger partial charge in [0.1, 0.15) is 6.33 Å². The van der Waals surface area contributed by atoms with Crippen LogP contribution in [0, 0.1) is 5.41 Å². The molecule has 80 valence electrons. The summed E-state index contributed by atoms with van der Waals surface area (Å²) >= 11 is 0. The lowest BCUT2D eigenvalue weighted by molar-refractivity contribution is -0.0456. The predicted molar refractivity (Wildman–Crippen MR) is 54.5 cm³/mol. The maximum atomic E-state index is 9.92. The van der Waals surface area contributed by atoms with Crippen LogP contribution in [0.4, 0.5) is 5.95 Å². The molecule has 0 aliphatic carbocycles. The van der Waals surface area contributed by atoms with E-state index in [2.05, 4.69) is 10.1 Å². The van der Waals surface area contributed by atoms with Crippen molar-refractivity contribution in [1.82, 2.24) is 14.8 Å². The van der Waals surface area contributed by atoms with E-state index in [1.54, 1.807) is 24.9 Å². The Balaban J connectivity index is 2.78. The number of hydrogen-bond donors (Lipinski definition) is 2. The Labute approximate surface area is 83.9 Å². The third kappa shape index (κ3) is 2.23. The summed E-state index contributed by atoms with van der Waals surface area (Å²) in [4.78, 5) is 3.83. The zero-order valence-corrected chi connectivity index (χ0v) is 9.15. The highest BCUT2D eigenvalue weighted by Gasteiger charge is 2.35. The van der Waals surface area contributed by atoms with Gasteiger partial charge in [-0.3, -0.25) is 4.68 Å². The topological polar surface area (TPSA) is 77.0 Å². The number of hydrogen-bond acceptors (Lipinski definition) is 4.